The van der Waals surface area contributed by atoms with E-state index in [-0.39, 0.29) is 5.91 Å². The van der Waals surface area contributed by atoms with Crippen LogP contribution in [0.15, 0.2) is 46.9 Å². The molecule has 0 saturated heterocycles. The highest BCUT2D eigenvalue weighted by Gasteiger charge is 2.21. The number of hydrogen-bond acceptors (Lipinski definition) is 2. The van der Waals surface area contributed by atoms with Crippen molar-refractivity contribution in [2.75, 3.05) is 12.4 Å². The summed E-state index contributed by atoms with van der Waals surface area (Å²) in [6, 6.07) is 13.5. The Balaban J connectivity index is 2.25. The number of anilines is 1. The number of amides is 1. The van der Waals surface area contributed by atoms with Crippen LogP contribution in [0, 0.1) is 13.8 Å². The molecular weight excluding hydrogens is 330 g/mol. The Bertz CT molecular complexity index is 617. The van der Waals surface area contributed by atoms with E-state index in [1.807, 2.05) is 56.3 Å². The molecule has 4 heteroatoms. The van der Waals surface area contributed by atoms with Gasteiger partial charge in [0, 0.05) is 11.6 Å². The van der Waals surface area contributed by atoms with Crippen molar-refractivity contribution in [1.29, 1.82) is 0 Å². The van der Waals surface area contributed by atoms with E-state index >= 15 is 0 Å². The topological polar surface area (TPSA) is 38.3 Å². The van der Waals surface area contributed by atoms with Crippen molar-refractivity contribution >= 4 is 27.5 Å². The van der Waals surface area contributed by atoms with Crippen LogP contribution >= 0.6 is 15.9 Å². The molecule has 21 heavy (non-hydrogen) atoms. The zero-order valence-electron chi connectivity index (χ0n) is 12.3. The molecule has 0 fully saturated rings. The van der Waals surface area contributed by atoms with Gasteiger partial charge in [-0.25, -0.2) is 0 Å². The van der Waals surface area contributed by atoms with Crippen LogP contribution in [0.25, 0.3) is 0 Å². The van der Waals surface area contributed by atoms with Gasteiger partial charge in [0.2, 0.25) is 0 Å². The number of halogens is 1. The number of rotatable bonds is 4. The largest absolute Gasteiger partial charge is 0.367 e. The molecule has 110 valence electrons. The average molecular weight is 348 g/mol. The first-order valence-electron chi connectivity index (χ1n) is 6.68. The van der Waals surface area contributed by atoms with Crippen LogP contribution in [0.3, 0.4) is 0 Å². The summed E-state index contributed by atoms with van der Waals surface area (Å²) >= 11 is 3.50. The fourth-order valence-corrected chi connectivity index (χ4v) is 3.06. The molecule has 0 bridgehead atoms. The first-order valence-corrected chi connectivity index (χ1v) is 7.47. The number of nitrogens with one attached hydrogen (secondary N) is 1. The summed E-state index contributed by atoms with van der Waals surface area (Å²) in [5.41, 5.74) is 3.77. The number of methoxy groups -OCH3 is 1. The van der Waals surface area contributed by atoms with Crippen LogP contribution in [-0.2, 0) is 9.53 Å². The smallest absolute Gasteiger partial charge is 0.258 e. The van der Waals surface area contributed by atoms with E-state index in [9.17, 15) is 4.79 Å². The Labute approximate surface area is 133 Å². The summed E-state index contributed by atoms with van der Waals surface area (Å²) in [5.74, 6) is -0.184. The van der Waals surface area contributed by atoms with Gasteiger partial charge in [0.05, 0.1) is 5.69 Å². The van der Waals surface area contributed by atoms with Gasteiger partial charge in [-0.1, -0.05) is 36.4 Å². The minimum Gasteiger partial charge on any atom is -0.367 e. The molecule has 1 N–H and O–H groups in total. The van der Waals surface area contributed by atoms with Crippen molar-refractivity contribution in [3.8, 4) is 0 Å². The summed E-state index contributed by atoms with van der Waals surface area (Å²) in [7, 11) is 1.54. The van der Waals surface area contributed by atoms with Crippen LogP contribution in [0.2, 0.25) is 0 Å². The zero-order chi connectivity index (χ0) is 15.4. The maximum absolute atomic E-state index is 12.5. The van der Waals surface area contributed by atoms with Gasteiger partial charge in [-0.15, -0.1) is 0 Å². The highest BCUT2D eigenvalue weighted by molar-refractivity contribution is 9.10. The van der Waals surface area contributed by atoms with Gasteiger partial charge in [-0.2, -0.15) is 0 Å². The number of hydrogen-bond donors (Lipinski definition) is 1. The van der Waals surface area contributed by atoms with Crippen molar-refractivity contribution in [1.82, 2.24) is 0 Å². The van der Waals surface area contributed by atoms with E-state index in [0.717, 1.165) is 26.9 Å². The lowest BCUT2D eigenvalue weighted by Crippen LogP contribution is -2.23. The van der Waals surface area contributed by atoms with Gasteiger partial charge in [0.15, 0.2) is 6.10 Å². The number of carbonyl (C=O) groups is 1. The molecule has 1 amide bonds. The van der Waals surface area contributed by atoms with Crippen LogP contribution < -0.4 is 5.32 Å². The van der Waals surface area contributed by atoms with Gasteiger partial charge in [-0.3, -0.25) is 4.79 Å². The fourth-order valence-electron chi connectivity index (χ4n) is 2.29. The van der Waals surface area contributed by atoms with Crippen LogP contribution in [0.4, 0.5) is 5.69 Å². The molecule has 3 nitrogen and oxygen atoms in total. The van der Waals surface area contributed by atoms with E-state index in [1.54, 1.807) is 0 Å². The predicted octanol–water partition coefficient (Wildman–Crippen LogP) is 4.39. The van der Waals surface area contributed by atoms with E-state index in [1.165, 1.54) is 7.11 Å². The lowest BCUT2D eigenvalue weighted by atomic mass is 10.1. The molecule has 0 heterocycles. The third-order valence-electron chi connectivity index (χ3n) is 3.26. The maximum atomic E-state index is 12.5. The van der Waals surface area contributed by atoms with Crippen molar-refractivity contribution in [3.05, 3.63) is 63.6 Å². The Morgan fingerprint density at radius 3 is 2.43 bits per heavy atom. The molecule has 2 rings (SSSR count). The average Bonchev–Trinajstić information content (AvgIpc) is 2.45. The lowest BCUT2D eigenvalue weighted by Gasteiger charge is -2.18. The van der Waals surface area contributed by atoms with Gasteiger partial charge in [-0.05, 0) is 52.5 Å². The molecule has 1 unspecified atom stereocenters. The third kappa shape index (κ3) is 3.71. The van der Waals surface area contributed by atoms with Gasteiger partial charge >= 0.3 is 0 Å². The second-order valence-corrected chi connectivity index (χ2v) is 5.81. The molecule has 0 aliphatic carbocycles. The van der Waals surface area contributed by atoms with Crippen molar-refractivity contribution in [3.63, 3.8) is 0 Å². The number of aryl methyl sites for hydroxylation is 2. The number of carbonyl (C=O) groups excluding carboxylic acids is 1. The monoisotopic (exact) mass is 347 g/mol. The second kappa shape index (κ2) is 6.87. The first-order chi connectivity index (χ1) is 10.0. The molecule has 1 atom stereocenters. The van der Waals surface area contributed by atoms with E-state index < -0.39 is 6.10 Å². The van der Waals surface area contributed by atoms with Crippen molar-refractivity contribution in [2.24, 2.45) is 0 Å². The minimum absolute atomic E-state index is 0.184. The molecular formula is C17H18BrNO2. The highest BCUT2D eigenvalue weighted by Crippen LogP contribution is 2.29. The van der Waals surface area contributed by atoms with Gasteiger partial charge < -0.3 is 10.1 Å². The first kappa shape index (κ1) is 15.7. The van der Waals surface area contributed by atoms with E-state index in [2.05, 4.69) is 21.2 Å². The second-order valence-electron chi connectivity index (χ2n) is 4.95. The van der Waals surface area contributed by atoms with Crippen LogP contribution in [-0.4, -0.2) is 13.0 Å². The van der Waals surface area contributed by atoms with E-state index in [4.69, 9.17) is 4.74 Å². The summed E-state index contributed by atoms with van der Waals surface area (Å²) in [5, 5.41) is 2.94. The predicted molar refractivity (Wildman–Crippen MR) is 88.4 cm³/mol. The molecule has 0 saturated carbocycles. The summed E-state index contributed by atoms with van der Waals surface area (Å²) in [6.07, 6.45) is -0.626. The molecule has 0 aliphatic heterocycles. The maximum Gasteiger partial charge on any atom is 0.258 e. The van der Waals surface area contributed by atoms with Crippen molar-refractivity contribution in [2.45, 2.75) is 20.0 Å². The molecule has 0 spiro atoms. The van der Waals surface area contributed by atoms with Crippen molar-refractivity contribution < 1.29 is 9.53 Å². The van der Waals surface area contributed by atoms with Gasteiger partial charge in [0.25, 0.3) is 5.91 Å². The molecule has 2 aromatic rings. The fraction of sp³-hybridized carbons (Fsp3) is 0.235. The van der Waals surface area contributed by atoms with Crippen LogP contribution in [0.1, 0.15) is 22.8 Å². The Hall–Kier alpha value is -1.65. The number of benzene rings is 2. The molecule has 2 aromatic carbocycles. The number of ether oxygens (including phenoxy) is 1. The van der Waals surface area contributed by atoms with E-state index in [0.29, 0.717) is 0 Å². The summed E-state index contributed by atoms with van der Waals surface area (Å²) < 4.78 is 6.22. The normalized spacial score (nSPS) is 12.0. The molecule has 0 aromatic heterocycles. The quantitative estimate of drug-likeness (QED) is 0.890. The lowest BCUT2D eigenvalue weighted by molar-refractivity contribution is -0.126. The minimum atomic E-state index is -0.626. The Morgan fingerprint density at radius 2 is 1.86 bits per heavy atom. The summed E-state index contributed by atoms with van der Waals surface area (Å²) in [6.45, 7) is 3.99. The van der Waals surface area contributed by atoms with Gasteiger partial charge in [0.1, 0.15) is 0 Å². The SMILES string of the molecule is COC(C(=O)Nc1c(C)cc(C)cc1Br)c1ccccc1. The zero-order valence-corrected chi connectivity index (χ0v) is 13.9. The molecule has 0 radical (unpaired) electrons. The Morgan fingerprint density at radius 1 is 1.19 bits per heavy atom. The van der Waals surface area contributed by atoms with Crippen LogP contribution in [0.5, 0.6) is 0 Å². The molecule has 0 aliphatic rings. The standard InChI is InChI=1S/C17H18BrNO2/c1-11-9-12(2)15(14(18)10-11)19-17(20)16(21-3)13-7-5-4-6-8-13/h4-10,16H,1-3H3,(H,19,20). The summed E-state index contributed by atoms with van der Waals surface area (Å²) in [4.78, 5) is 12.5. The third-order valence-corrected chi connectivity index (χ3v) is 3.88. The Kier molecular flexibility index (Phi) is 5.15. The highest BCUT2D eigenvalue weighted by atomic mass is 79.9.